The summed E-state index contributed by atoms with van der Waals surface area (Å²) in [5.41, 5.74) is 1.64. The highest BCUT2D eigenvalue weighted by Crippen LogP contribution is 2.20. The number of nitrogens with one attached hydrogen (secondary N) is 1. The van der Waals surface area contributed by atoms with Gasteiger partial charge in [-0.2, -0.15) is 0 Å². The Hall–Kier alpha value is -1.55. The van der Waals surface area contributed by atoms with Crippen molar-refractivity contribution in [2.24, 2.45) is 0 Å². The van der Waals surface area contributed by atoms with Gasteiger partial charge in [-0.15, -0.1) is 0 Å². The van der Waals surface area contributed by atoms with E-state index in [0.717, 1.165) is 16.9 Å². The Morgan fingerprint density at radius 1 is 1.30 bits per heavy atom. The first-order valence-electron chi connectivity index (χ1n) is 7.09. The number of benzene rings is 1. The third kappa shape index (κ3) is 3.97. The summed E-state index contributed by atoms with van der Waals surface area (Å²) in [5, 5.41) is 12.3. The van der Waals surface area contributed by atoms with Gasteiger partial charge in [0.15, 0.2) is 6.61 Å². The SMILES string of the molecule is CCC(CC)(CO)NC(=O)COc1cccc(C)c1C. The van der Waals surface area contributed by atoms with Crippen LogP contribution >= 0.6 is 0 Å². The van der Waals surface area contributed by atoms with E-state index in [-0.39, 0.29) is 19.1 Å². The molecule has 20 heavy (non-hydrogen) atoms. The molecule has 0 aliphatic rings. The Morgan fingerprint density at radius 3 is 2.50 bits per heavy atom. The Balaban J connectivity index is 2.61. The number of rotatable bonds is 7. The molecule has 1 rings (SSSR count). The number of hydrogen-bond donors (Lipinski definition) is 2. The van der Waals surface area contributed by atoms with Crippen LogP contribution in [0.3, 0.4) is 0 Å². The Kier molecular flexibility index (Phi) is 6.02. The van der Waals surface area contributed by atoms with Crippen molar-refractivity contribution in [3.8, 4) is 5.75 Å². The van der Waals surface area contributed by atoms with E-state index in [1.54, 1.807) is 0 Å². The second-order valence-electron chi connectivity index (χ2n) is 5.18. The average molecular weight is 279 g/mol. The minimum atomic E-state index is -0.540. The van der Waals surface area contributed by atoms with Gasteiger partial charge in [-0.05, 0) is 43.9 Å². The van der Waals surface area contributed by atoms with Gasteiger partial charge in [0.05, 0.1) is 12.1 Å². The Morgan fingerprint density at radius 2 is 1.95 bits per heavy atom. The van der Waals surface area contributed by atoms with Gasteiger partial charge in [-0.3, -0.25) is 4.79 Å². The fourth-order valence-corrected chi connectivity index (χ4v) is 2.05. The number of aryl methyl sites for hydroxylation is 1. The van der Waals surface area contributed by atoms with Crippen molar-refractivity contribution in [2.75, 3.05) is 13.2 Å². The zero-order valence-corrected chi connectivity index (χ0v) is 12.8. The Bertz CT molecular complexity index is 445. The van der Waals surface area contributed by atoms with Crippen molar-refractivity contribution in [3.05, 3.63) is 29.3 Å². The summed E-state index contributed by atoms with van der Waals surface area (Å²) < 4.78 is 5.57. The second-order valence-corrected chi connectivity index (χ2v) is 5.18. The van der Waals surface area contributed by atoms with Crippen molar-refractivity contribution in [3.63, 3.8) is 0 Å². The molecule has 0 aliphatic heterocycles. The molecule has 112 valence electrons. The third-order valence-electron chi connectivity index (χ3n) is 3.97. The lowest BCUT2D eigenvalue weighted by molar-refractivity contribution is -0.125. The van der Waals surface area contributed by atoms with Gasteiger partial charge >= 0.3 is 0 Å². The van der Waals surface area contributed by atoms with Crippen molar-refractivity contribution >= 4 is 5.91 Å². The predicted octanol–water partition coefficient (Wildman–Crippen LogP) is 2.35. The summed E-state index contributed by atoms with van der Waals surface area (Å²) in [6.45, 7) is 7.78. The van der Waals surface area contributed by atoms with Crippen molar-refractivity contribution < 1.29 is 14.6 Å². The van der Waals surface area contributed by atoms with E-state index in [1.165, 1.54) is 0 Å². The maximum Gasteiger partial charge on any atom is 0.258 e. The quantitative estimate of drug-likeness (QED) is 0.805. The van der Waals surface area contributed by atoms with Gasteiger partial charge in [-0.1, -0.05) is 26.0 Å². The van der Waals surface area contributed by atoms with E-state index in [1.807, 2.05) is 45.9 Å². The lowest BCUT2D eigenvalue weighted by atomic mass is 9.94. The van der Waals surface area contributed by atoms with Crippen LogP contribution in [0.2, 0.25) is 0 Å². The number of aliphatic hydroxyl groups excluding tert-OH is 1. The average Bonchev–Trinajstić information content (AvgIpc) is 2.46. The van der Waals surface area contributed by atoms with Gasteiger partial charge in [0.2, 0.25) is 0 Å². The maximum absolute atomic E-state index is 12.0. The van der Waals surface area contributed by atoms with Crippen LogP contribution in [-0.4, -0.2) is 29.8 Å². The number of ether oxygens (including phenoxy) is 1. The molecule has 0 saturated heterocycles. The highest BCUT2D eigenvalue weighted by molar-refractivity contribution is 5.78. The van der Waals surface area contributed by atoms with Crippen LogP contribution < -0.4 is 10.1 Å². The number of amides is 1. The minimum Gasteiger partial charge on any atom is -0.483 e. The second kappa shape index (κ2) is 7.29. The molecule has 0 spiro atoms. The summed E-state index contributed by atoms with van der Waals surface area (Å²) in [4.78, 5) is 12.0. The predicted molar refractivity (Wildman–Crippen MR) is 80.0 cm³/mol. The molecule has 0 unspecified atom stereocenters. The fraction of sp³-hybridized carbons (Fsp3) is 0.562. The first-order valence-corrected chi connectivity index (χ1v) is 7.09. The summed E-state index contributed by atoms with van der Waals surface area (Å²) in [6.07, 6.45) is 1.38. The normalized spacial score (nSPS) is 11.2. The van der Waals surface area contributed by atoms with Crippen LogP contribution in [0.5, 0.6) is 5.75 Å². The lowest BCUT2D eigenvalue weighted by Gasteiger charge is -2.30. The number of hydrogen-bond acceptors (Lipinski definition) is 3. The van der Waals surface area contributed by atoms with E-state index >= 15 is 0 Å². The highest BCUT2D eigenvalue weighted by Gasteiger charge is 2.27. The van der Waals surface area contributed by atoms with Crippen LogP contribution in [-0.2, 0) is 4.79 Å². The van der Waals surface area contributed by atoms with E-state index in [2.05, 4.69) is 5.32 Å². The molecule has 0 radical (unpaired) electrons. The van der Waals surface area contributed by atoms with E-state index in [0.29, 0.717) is 12.8 Å². The third-order valence-corrected chi connectivity index (χ3v) is 3.97. The van der Waals surface area contributed by atoms with Gasteiger partial charge < -0.3 is 15.2 Å². The molecule has 0 heterocycles. The largest absolute Gasteiger partial charge is 0.483 e. The standard InChI is InChI=1S/C16H25NO3/c1-5-16(6-2,11-18)17-15(19)10-20-14-9-7-8-12(3)13(14)4/h7-9,18H,5-6,10-11H2,1-4H3,(H,17,19). The van der Waals surface area contributed by atoms with Crippen LogP contribution in [0.25, 0.3) is 0 Å². The maximum atomic E-state index is 12.0. The van der Waals surface area contributed by atoms with Crippen LogP contribution in [0, 0.1) is 13.8 Å². The smallest absolute Gasteiger partial charge is 0.258 e. The van der Waals surface area contributed by atoms with Crippen molar-refractivity contribution in [2.45, 2.75) is 46.1 Å². The summed E-state index contributed by atoms with van der Waals surface area (Å²) in [5.74, 6) is 0.520. The van der Waals surface area contributed by atoms with E-state index < -0.39 is 5.54 Å². The molecule has 0 aromatic heterocycles. The number of carbonyl (C=O) groups excluding carboxylic acids is 1. The monoisotopic (exact) mass is 279 g/mol. The molecule has 0 aliphatic carbocycles. The summed E-state index contributed by atoms with van der Waals surface area (Å²) in [7, 11) is 0. The minimum absolute atomic E-state index is 0.0357. The lowest BCUT2D eigenvalue weighted by Crippen LogP contribution is -2.51. The zero-order valence-electron chi connectivity index (χ0n) is 12.8. The van der Waals surface area contributed by atoms with Gasteiger partial charge in [0.1, 0.15) is 5.75 Å². The van der Waals surface area contributed by atoms with Gasteiger partial charge in [-0.25, -0.2) is 0 Å². The molecule has 0 atom stereocenters. The summed E-state index contributed by atoms with van der Waals surface area (Å²) in [6, 6.07) is 5.77. The van der Waals surface area contributed by atoms with E-state index in [4.69, 9.17) is 4.74 Å². The first kappa shape index (κ1) is 16.5. The van der Waals surface area contributed by atoms with Gasteiger partial charge in [0, 0.05) is 0 Å². The summed E-state index contributed by atoms with van der Waals surface area (Å²) >= 11 is 0. The fourth-order valence-electron chi connectivity index (χ4n) is 2.05. The number of carbonyl (C=O) groups is 1. The molecule has 2 N–H and O–H groups in total. The van der Waals surface area contributed by atoms with Crippen molar-refractivity contribution in [1.29, 1.82) is 0 Å². The molecule has 4 heteroatoms. The molecule has 0 bridgehead atoms. The molecule has 1 amide bonds. The molecule has 0 saturated carbocycles. The molecule has 0 fully saturated rings. The molecule has 1 aromatic rings. The molecule has 4 nitrogen and oxygen atoms in total. The highest BCUT2D eigenvalue weighted by atomic mass is 16.5. The van der Waals surface area contributed by atoms with Crippen LogP contribution in [0.1, 0.15) is 37.8 Å². The van der Waals surface area contributed by atoms with E-state index in [9.17, 15) is 9.90 Å². The van der Waals surface area contributed by atoms with Gasteiger partial charge in [0.25, 0.3) is 5.91 Å². The first-order chi connectivity index (χ1) is 9.48. The molecular weight excluding hydrogens is 254 g/mol. The topological polar surface area (TPSA) is 58.6 Å². The molecule has 1 aromatic carbocycles. The molecular formula is C16H25NO3. The van der Waals surface area contributed by atoms with Crippen molar-refractivity contribution in [1.82, 2.24) is 5.32 Å². The number of aliphatic hydroxyl groups is 1. The van der Waals surface area contributed by atoms with Crippen LogP contribution in [0.15, 0.2) is 18.2 Å². The van der Waals surface area contributed by atoms with Crippen LogP contribution in [0.4, 0.5) is 0 Å². The Labute approximate surface area is 121 Å². The zero-order chi connectivity index (χ0) is 15.2.